The van der Waals surface area contributed by atoms with Gasteiger partial charge in [0.2, 0.25) is 0 Å². The van der Waals surface area contributed by atoms with Gasteiger partial charge in [-0.3, -0.25) is 0 Å². The first-order valence-corrected chi connectivity index (χ1v) is 18.6. The molecule has 0 saturated heterocycles. The molecule has 4 aromatic heterocycles. The molecule has 0 saturated carbocycles. The lowest BCUT2D eigenvalue weighted by molar-refractivity contribution is 1.24. The highest BCUT2D eigenvalue weighted by Crippen LogP contribution is 2.48. The van der Waals surface area contributed by atoms with Crippen molar-refractivity contribution in [2.75, 3.05) is 4.90 Å². The quantitative estimate of drug-likeness (QED) is 0.169. The van der Waals surface area contributed by atoms with E-state index in [1.807, 2.05) is 11.3 Å². The van der Waals surface area contributed by atoms with Crippen molar-refractivity contribution in [3.63, 3.8) is 0 Å². The van der Waals surface area contributed by atoms with E-state index in [1.54, 1.807) is 0 Å². The molecule has 0 N–H and O–H groups in total. The molecule has 12 rings (SSSR count). The monoisotopic (exact) mass is 679 g/mol. The second-order valence-electron chi connectivity index (χ2n) is 13.7. The third-order valence-electron chi connectivity index (χ3n) is 11.0. The SMILES string of the molecule is c1ccc(-c2ccccc2N(c2ccc3c(c2)n2c4ccccc4c4ccc5c6ccccc6n3c5c42)c2cccc3c2sc2ccccc23)cc1. The molecular weight excluding hydrogens is 651 g/mol. The van der Waals surface area contributed by atoms with Crippen LogP contribution in [0.2, 0.25) is 0 Å². The van der Waals surface area contributed by atoms with Crippen molar-refractivity contribution < 1.29 is 0 Å². The Kier molecular flexibility index (Phi) is 5.65. The summed E-state index contributed by atoms with van der Waals surface area (Å²) < 4.78 is 7.60. The summed E-state index contributed by atoms with van der Waals surface area (Å²) in [4.78, 5) is 2.49. The van der Waals surface area contributed by atoms with Crippen molar-refractivity contribution in [2.45, 2.75) is 0 Å². The van der Waals surface area contributed by atoms with E-state index in [-0.39, 0.29) is 0 Å². The van der Waals surface area contributed by atoms with Gasteiger partial charge in [0, 0.05) is 48.3 Å². The highest BCUT2D eigenvalue weighted by atomic mass is 32.1. The van der Waals surface area contributed by atoms with Gasteiger partial charge < -0.3 is 13.7 Å². The highest BCUT2D eigenvalue weighted by Gasteiger charge is 2.25. The minimum atomic E-state index is 1.12. The Morgan fingerprint density at radius 3 is 1.75 bits per heavy atom. The van der Waals surface area contributed by atoms with Crippen LogP contribution in [0.15, 0.2) is 176 Å². The Labute approximate surface area is 302 Å². The van der Waals surface area contributed by atoms with E-state index < -0.39 is 0 Å². The van der Waals surface area contributed by atoms with E-state index in [4.69, 9.17) is 0 Å². The summed E-state index contributed by atoms with van der Waals surface area (Å²) in [5, 5.41) is 7.71. The largest absolute Gasteiger partial charge is 0.308 e. The number of fused-ring (bicyclic) bond motifs is 12. The van der Waals surface area contributed by atoms with Crippen molar-refractivity contribution in [1.29, 1.82) is 0 Å². The average molecular weight is 680 g/mol. The fraction of sp³-hybridized carbons (Fsp3) is 0. The van der Waals surface area contributed by atoms with Crippen molar-refractivity contribution in [1.82, 2.24) is 8.80 Å². The zero-order chi connectivity index (χ0) is 33.9. The molecule has 0 aliphatic carbocycles. The van der Waals surface area contributed by atoms with Gasteiger partial charge in [-0.15, -0.1) is 11.3 Å². The minimum Gasteiger partial charge on any atom is -0.308 e. The highest BCUT2D eigenvalue weighted by molar-refractivity contribution is 7.26. The number of rotatable bonds is 4. The minimum absolute atomic E-state index is 1.12. The summed E-state index contributed by atoms with van der Waals surface area (Å²) >= 11 is 1.87. The number of nitrogens with zero attached hydrogens (tertiary/aromatic N) is 3. The maximum absolute atomic E-state index is 2.52. The van der Waals surface area contributed by atoms with Gasteiger partial charge in [-0.1, -0.05) is 127 Å². The second-order valence-corrected chi connectivity index (χ2v) is 14.8. The van der Waals surface area contributed by atoms with Gasteiger partial charge in [0.05, 0.1) is 49.2 Å². The van der Waals surface area contributed by atoms with Crippen molar-refractivity contribution in [2.24, 2.45) is 0 Å². The molecule has 4 heterocycles. The molecule has 0 radical (unpaired) electrons. The summed E-state index contributed by atoms with van der Waals surface area (Å²) in [5.74, 6) is 0. The number of anilines is 3. The van der Waals surface area contributed by atoms with Crippen LogP contribution in [0.3, 0.4) is 0 Å². The molecule has 0 aliphatic heterocycles. The molecule has 3 nitrogen and oxygen atoms in total. The predicted octanol–water partition coefficient (Wildman–Crippen LogP) is 13.7. The van der Waals surface area contributed by atoms with Crippen LogP contribution in [0.5, 0.6) is 0 Å². The van der Waals surface area contributed by atoms with Gasteiger partial charge >= 0.3 is 0 Å². The van der Waals surface area contributed by atoms with E-state index in [1.165, 1.54) is 91.6 Å². The normalized spacial score (nSPS) is 12.2. The van der Waals surface area contributed by atoms with Crippen LogP contribution in [0.1, 0.15) is 0 Å². The number of aromatic nitrogens is 2. The summed E-state index contributed by atoms with van der Waals surface area (Å²) in [6, 6.07) is 64.6. The first kappa shape index (κ1) is 28.1. The van der Waals surface area contributed by atoms with Crippen LogP contribution in [0.4, 0.5) is 17.1 Å². The van der Waals surface area contributed by atoms with Crippen LogP contribution in [0.25, 0.3) is 85.9 Å². The average Bonchev–Trinajstić information content (AvgIpc) is 3.87. The fourth-order valence-electron chi connectivity index (χ4n) is 8.87. The molecule has 242 valence electrons. The lowest BCUT2D eigenvalue weighted by atomic mass is 10.0. The van der Waals surface area contributed by atoms with Crippen molar-refractivity contribution in [3.05, 3.63) is 176 Å². The van der Waals surface area contributed by atoms with Crippen molar-refractivity contribution in [3.8, 4) is 11.1 Å². The Balaban J connectivity index is 1.25. The number of hydrogen-bond donors (Lipinski definition) is 0. The number of benzene rings is 8. The Morgan fingerprint density at radius 1 is 0.385 bits per heavy atom. The van der Waals surface area contributed by atoms with Crippen LogP contribution in [-0.4, -0.2) is 8.80 Å². The standard InChI is InChI=1S/C48H29N3S/c1-2-13-30(14-3-1)32-15-4-8-20-39(32)49(43-23-12-19-38-35-18-7-11-24-45(35)52-48(38)43)31-25-28-42-44(29-31)51-41-22-10-6-17-34(41)37-27-26-36-33-16-5-9-21-40(33)50(42)46(36)47(37)51/h1-29H. The summed E-state index contributed by atoms with van der Waals surface area (Å²) in [7, 11) is 0. The molecule has 0 fully saturated rings. The molecule has 0 bridgehead atoms. The Hall–Kier alpha value is -6.62. The van der Waals surface area contributed by atoms with E-state index in [9.17, 15) is 0 Å². The topological polar surface area (TPSA) is 12.1 Å². The molecule has 0 amide bonds. The van der Waals surface area contributed by atoms with Gasteiger partial charge in [0.15, 0.2) is 0 Å². The zero-order valence-corrected chi connectivity index (χ0v) is 28.8. The van der Waals surface area contributed by atoms with Gasteiger partial charge in [-0.25, -0.2) is 0 Å². The van der Waals surface area contributed by atoms with Gasteiger partial charge in [-0.05, 0) is 54.1 Å². The third kappa shape index (κ3) is 3.69. The first-order chi connectivity index (χ1) is 25.8. The van der Waals surface area contributed by atoms with Crippen LogP contribution in [0, 0.1) is 0 Å². The Bertz CT molecular complexity index is 3360. The third-order valence-corrected chi connectivity index (χ3v) is 12.2. The molecule has 4 heteroatoms. The maximum Gasteiger partial charge on any atom is 0.0789 e. The van der Waals surface area contributed by atoms with Crippen LogP contribution < -0.4 is 4.90 Å². The number of para-hydroxylation sites is 3. The van der Waals surface area contributed by atoms with E-state index in [2.05, 4.69) is 190 Å². The van der Waals surface area contributed by atoms with E-state index in [0.717, 1.165) is 11.4 Å². The lowest BCUT2D eigenvalue weighted by Gasteiger charge is -2.29. The molecule has 8 aromatic carbocycles. The maximum atomic E-state index is 2.52. The second kappa shape index (κ2) is 10.5. The van der Waals surface area contributed by atoms with E-state index in [0.29, 0.717) is 0 Å². The molecule has 0 atom stereocenters. The van der Waals surface area contributed by atoms with Crippen molar-refractivity contribution >= 4 is 103 Å². The number of hydrogen-bond acceptors (Lipinski definition) is 2. The van der Waals surface area contributed by atoms with E-state index >= 15 is 0 Å². The summed E-state index contributed by atoms with van der Waals surface area (Å²) in [6.45, 7) is 0. The molecule has 0 unspecified atom stereocenters. The number of thiophene rings is 1. The lowest BCUT2D eigenvalue weighted by Crippen LogP contribution is -2.12. The summed E-state index contributed by atoms with van der Waals surface area (Å²) in [5.41, 5.74) is 13.2. The fourth-order valence-corrected chi connectivity index (χ4v) is 10.1. The zero-order valence-electron chi connectivity index (χ0n) is 28.0. The summed E-state index contributed by atoms with van der Waals surface area (Å²) in [6.07, 6.45) is 0. The molecule has 0 aliphatic rings. The molecule has 12 aromatic rings. The first-order valence-electron chi connectivity index (χ1n) is 17.8. The smallest absolute Gasteiger partial charge is 0.0789 e. The molecule has 52 heavy (non-hydrogen) atoms. The van der Waals surface area contributed by atoms with Gasteiger partial charge in [0.1, 0.15) is 0 Å². The Morgan fingerprint density at radius 2 is 0.981 bits per heavy atom. The van der Waals surface area contributed by atoms with Gasteiger partial charge in [-0.2, -0.15) is 0 Å². The van der Waals surface area contributed by atoms with Crippen LogP contribution in [-0.2, 0) is 0 Å². The van der Waals surface area contributed by atoms with Crippen LogP contribution >= 0.6 is 11.3 Å². The predicted molar refractivity (Wildman–Crippen MR) is 223 cm³/mol. The van der Waals surface area contributed by atoms with Gasteiger partial charge in [0.25, 0.3) is 0 Å². The molecule has 0 spiro atoms. The molecular formula is C48H29N3S.